The quantitative estimate of drug-likeness (QED) is 0.478. The minimum Gasteiger partial charge on any atom is -0.261 e. The van der Waals surface area contributed by atoms with Gasteiger partial charge in [0.05, 0.1) is 24.6 Å². The summed E-state index contributed by atoms with van der Waals surface area (Å²) in [6.45, 7) is 0. The van der Waals surface area contributed by atoms with Crippen molar-refractivity contribution in [2.45, 2.75) is 0 Å². The molecule has 0 bridgehead atoms. The minimum absolute atomic E-state index is 1.82. The zero-order valence-corrected chi connectivity index (χ0v) is 11.0. The maximum Gasteiger partial charge on any atom is 0.437 e. The fourth-order valence-corrected chi connectivity index (χ4v) is 1.68. The van der Waals surface area contributed by atoms with Gasteiger partial charge in [-0.2, -0.15) is 0 Å². The van der Waals surface area contributed by atoms with E-state index in [9.17, 15) is 60.7 Å². The summed E-state index contributed by atoms with van der Waals surface area (Å²) in [5.74, 6) is -2.11. The fourth-order valence-electron chi connectivity index (χ4n) is 1.68. The molecular formula is C6N6O13. The Morgan fingerprint density at radius 1 is 0.480 bits per heavy atom. The lowest BCUT2D eigenvalue weighted by Crippen LogP contribution is -2.13. The molecule has 0 aliphatic heterocycles. The zero-order chi connectivity index (χ0) is 19.6. The van der Waals surface area contributed by atoms with Gasteiger partial charge in [0.15, 0.2) is 0 Å². The van der Waals surface area contributed by atoms with Crippen LogP contribution in [0.25, 0.3) is 0 Å². The molecule has 0 amide bonds. The van der Waals surface area contributed by atoms with E-state index in [0.29, 0.717) is 0 Å². The molecule has 0 N–H and O–H groups in total. The van der Waals surface area contributed by atoms with Gasteiger partial charge < -0.3 is 0 Å². The number of hydrogen-bond donors (Lipinski definition) is 0. The summed E-state index contributed by atoms with van der Waals surface area (Å²) in [6, 6.07) is 0. The summed E-state index contributed by atoms with van der Waals surface area (Å²) >= 11 is 0. The molecule has 0 saturated carbocycles. The summed E-state index contributed by atoms with van der Waals surface area (Å²) < 4.78 is 0. The van der Waals surface area contributed by atoms with Crippen molar-refractivity contribution in [3.05, 3.63) is 60.7 Å². The highest BCUT2D eigenvalue weighted by molar-refractivity contribution is 5.88. The van der Waals surface area contributed by atoms with E-state index in [2.05, 4.69) is 4.84 Å². The van der Waals surface area contributed by atoms with Gasteiger partial charge in [0.1, 0.15) is 0 Å². The molecule has 0 fully saturated rings. The molecular weight excluding hydrogens is 364 g/mol. The highest BCUT2D eigenvalue weighted by Gasteiger charge is 2.55. The van der Waals surface area contributed by atoms with E-state index in [1.54, 1.807) is 0 Å². The molecule has 1 aromatic carbocycles. The van der Waals surface area contributed by atoms with E-state index in [1.807, 2.05) is 0 Å². The van der Waals surface area contributed by atoms with Crippen molar-refractivity contribution in [3.63, 3.8) is 0 Å². The first-order chi connectivity index (χ1) is 11.4. The summed E-state index contributed by atoms with van der Waals surface area (Å²) in [4.78, 5) is 59.4. The van der Waals surface area contributed by atoms with E-state index in [0.717, 1.165) is 0 Å². The minimum atomic E-state index is -2.20. The van der Waals surface area contributed by atoms with Crippen LogP contribution in [0.1, 0.15) is 0 Å². The first-order valence-electron chi connectivity index (χ1n) is 5.20. The summed E-state index contributed by atoms with van der Waals surface area (Å²) in [5, 5.41) is 63.1. The largest absolute Gasteiger partial charge is 0.437 e. The standard InChI is InChI=1S/C6N6O13/c13-7(14)1-2(8(15)16)4(10(19)20)6(25-12(23)24)5(11(21)22)3(1)9(17)18. The van der Waals surface area contributed by atoms with Crippen LogP contribution in [0.5, 0.6) is 5.75 Å². The van der Waals surface area contributed by atoms with Gasteiger partial charge in [-0.3, -0.25) is 55.4 Å². The molecule has 1 rings (SSSR count). The topological polar surface area (TPSA) is 268 Å². The predicted octanol–water partition coefficient (Wildman–Crippen LogP) is 0.798. The second-order valence-corrected chi connectivity index (χ2v) is 3.67. The van der Waals surface area contributed by atoms with Crippen LogP contribution in [0.3, 0.4) is 0 Å². The van der Waals surface area contributed by atoms with Gasteiger partial charge in [-0.05, 0) is 0 Å². The molecule has 25 heavy (non-hydrogen) atoms. The third-order valence-corrected chi connectivity index (χ3v) is 2.41. The lowest BCUT2D eigenvalue weighted by atomic mass is 10.1. The van der Waals surface area contributed by atoms with Gasteiger partial charge in [-0.25, -0.2) is 0 Å². The van der Waals surface area contributed by atoms with Gasteiger partial charge in [0.2, 0.25) is 0 Å². The van der Waals surface area contributed by atoms with Crippen molar-refractivity contribution in [1.29, 1.82) is 0 Å². The normalized spacial score (nSPS) is 9.92. The lowest BCUT2D eigenvalue weighted by Gasteiger charge is -2.04. The molecule has 0 aliphatic carbocycles. The van der Waals surface area contributed by atoms with Crippen molar-refractivity contribution in [2.75, 3.05) is 0 Å². The third kappa shape index (κ3) is 3.13. The Morgan fingerprint density at radius 3 is 0.920 bits per heavy atom. The summed E-state index contributed by atoms with van der Waals surface area (Å²) in [7, 11) is 0. The van der Waals surface area contributed by atoms with Crippen LogP contribution in [0.4, 0.5) is 28.4 Å². The van der Waals surface area contributed by atoms with Crippen LogP contribution in [0.2, 0.25) is 0 Å². The molecule has 0 radical (unpaired) electrons. The average Bonchev–Trinajstić information content (AvgIpc) is 2.43. The van der Waals surface area contributed by atoms with E-state index in [-0.39, 0.29) is 0 Å². The number of nitro benzene ring substituents is 5. The predicted molar refractivity (Wildman–Crippen MR) is 67.3 cm³/mol. The summed E-state index contributed by atoms with van der Waals surface area (Å²) in [5.41, 5.74) is -10.9. The Labute approximate surface area is 130 Å². The Kier molecular flexibility index (Phi) is 4.63. The third-order valence-electron chi connectivity index (χ3n) is 2.41. The number of rotatable bonds is 7. The molecule has 1 aromatic rings. The molecule has 19 nitrogen and oxygen atoms in total. The van der Waals surface area contributed by atoms with Crippen molar-refractivity contribution in [1.82, 2.24) is 0 Å². The first kappa shape index (κ1) is 18.5. The Hall–Kier alpha value is -4.58. The molecule has 0 aromatic heterocycles. The molecule has 0 heterocycles. The molecule has 0 atom stereocenters. The number of nitrogens with zero attached hydrogens (tertiary/aromatic N) is 6. The van der Waals surface area contributed by atoms with Crippen LogP contribution in [0, 0.1) is 60.7 Å². The molecule has 0 spiro atoms. The zero-order valence-electron chi connectivity index (χ0n) is 11.0. The molecule has 0 aliphatic rings. The van der Waals surface area contributed by atoms with Crippen LogP contribution in [0.15, 0.2) is 0 Å². The summed E-state index contributed by atoms with van der Waals surface area (Å²) in [6.07, 6.45) is 0. The molecule has 132 valence electrons. The smallest absolute Gasteiger partial charge is 0.261 e. The maximum absolute atomic E-state index is 10.9. The fraction of sp³-hybridized carbons (Fsp3) is 0. The monoisotopic (exact) mass is 364 g/mol. The lowest BCUT2D eigenvalue weighted by molar-refractivity contribution is -0.712. The molecule has 0 unspecified atom stereocenters. The van der Waals surface area contributed by atoms with Gasteiger partial charge >= 0.3 is 28.4 Å². The second kappa shape index (κ2) is 6.27. The number of hydrogen-bond acceptors (Lipinski definition) is 13. The van der Waals surface area contributed by atoms with Crippen LogP contribution in [-0.2, 0) is 0 Å². The van der Waals surface area contributed by atoms with E-state index in [4.69, 9.17) is 0 Å². The number of benzene rings is 1. The Balaban J connectivity index is 4.41. The van der Waals surface area contributed by atoms with Crippen LogP contribution >= 0.6 is 0 Å². The highest BCUT2D eigenvalue weighted by Crippen LogP contribution is 2.55. The van der Waals surface area contributed by atoms with Crippen molar-refractivity contribution >= 4 is 28.4 Å². The van der Waals surface area contributed by atoms with E-state index >= 15 is 0 Å². The Morgan fingerprint density at radius 2 is 0.720 bits per heavy atom. The van der Waals surface area contributed by atoms with Crippen molar-refractivity contribution in [3.8, 4) is 5.75 Å². The Bertz CT molecular complexity index is 806. The first-order valence-corrected chi connectivity index (χ1v) is 5.20. The van der Waals surface area contributed by atoms with Gasteiger partial charge in [0.25, 0.3) is 10.8 Å². The SMILES string of the molecule is O=[N+]([O-])Oc1c([N+](=O)[O-])c([N+](=O)[O-])c([N+](=O)[O-])c([N+](=O)[O-])c1[N+](=O)[O-]. The van der Waals surface area contributed by atoms with Crippen molar-refractivity contribution < 1.29 is 34.5 Å². The van der Waals surface area contributed by atoms with Crippen LogP contribution in [-0.4, -0.2) is 29.7 Å². The molecule has 0 saturated heterocycles. The van der Waals surface area contributed by atoms with Gasteiger partial charge in [0, 0.05) is 0 Å². The molecule has 19 heteroatoms. The van der Waals surface area contributed by atoms with Crippen molar-refractivity contribution in [2.24, 2.45) is 0 Å². The highest BCUT2D eigenvalue weighted by atomic mass is 17.0. The average molecular weight is 364 g/mol. The van der Waals surface area contributed by atoms with Gasteiger partial charge in [-0.1, -0.05) is 0 Å². The van der Waals surface area contributed by atoms with E-state index < -0.39 is 63.9 Å². The van der Waals surface area contributed by atoms with Gasteiger partial charge in [-0.15, -0.1) is 10.1 Å². The van der Waals surface area contributed by atoms with Crippen LogP contribution < -0.4 is 4.84 Å². The van der Waals surface area contributed by atoms with E-state index in [1.165, 1.54) is 0 Å². The second-order valence-electron chi connectivity index (χ2n) is 3.67. The maximum atomic E-state index is 10.9. The number of nitro groups is 5.